The van der Waals surface area contributed by atoms with Crippen LogP contribution >= 0.6 is 0 Å². The minimum atomic E-state index is 0.294. The Bertz CT molecular complexity index is 789. The number of pyridine rings is 1. The lowest BCUT2D eigenvalue weighted by Gasteiger charge is -2.33. The van der Waals surface area contributed by atoms with Crippen LogP contribution in [0, 0.1) is 5.92 Å². The van der Waals surface area contributed by atoms with Crippen molar-refractivity contribution in [2.45, 2.75) is 50.9 Å². The van der Waals surface area contributed by atoms with E-state index in [-0.39, 0.29) is 0 Å². The Morgan fingerprint density at radius 1 is 1.04 bits per heavy atom. The Kier molecular flexibility index (Phi) is 5.94. The lowest BCUT2D eigenvalue weighted by Crippen LogP contribution is -2.40. The number of benzene rings is 1. The van der Waals surface area contributed by atoms with Crippen molar-refractivity contribution in [3.8, 4) is 5.75 Å². The molecule has 4 rings (SSSR count). The molecule has 1 aromatic heterocycles. The molecular weight excluding hydrogens is 348 g/mol. The summed E-state index contributed by atoms with van der Waals surface area (Å²) >= 11 is 0. The van der Waals surface area contributed by atoms with E-state index in [1.165, 1.54) is 24.1 Å². The minimum absolute atomic E-state index is 0.294. The number of ether oxygens (including phenoxy) is 1. The highest BCUT2D eigenvalue weighted by Crippen LogP contribution is 2.31. The van der Waals surface area contributed by atoms with Gasteiger partial charge in [-0.15, -0.1) is 0 Å². The first kappa shape index (κ1) is 19.0. The van der Waals surface area contributed by atoms with Gasteiger partial charge in [-0.2, -0.15) is 0 Å². The number of hydrogen-bond donors (Lipinski definition) is 0. The first-order valence-electron chi connectivity index (χ1n) is 10.6. The van der Waals surface area contributed by atoms with E-state index in [1.54, 1.807) is 7.11 Å². The highest BCUT2D eigenvalue weighted by Gasteiger charge is 2.30. The molecule has 0 bridgehead atoms. The van der Waals surface area contributed by atoms with E-state index in [1.807, 2.05) is 12.1 Å². The zero-order valence-corrected chi connectivity index (χ0v) is 16.8. The molecule has 1 aromatic carbocycles. The van der Waals surface area contributed by atoms with Gasteiger partial charge in [0.05, 0.1) is 7.11 Å². The largest absolute Gasteiger partial charge is 0.497 e. The van der Waals surface area contributed by atoms with Gasteiger partial charge in [-0.25, -0.2) is 0 Å². The number of amides is 1. The monoisotopic (exact) mass is 378 g/mol. The molecule has 1 amide bonds. The third-order valence-corrected chi connectivity index (χ3v) is 6.30. The maximum atomic E-state index is 12.6. The second kappa shape index (κ2) is 8.76. The molecule has 1 saturated carbocycles. The second-order valence-corrected chi connectivity index (χ2v) is 8.16. The highest BCUT2D eigenvalue weighted by atomic mass is 16.5. The molecule has 2 aliphatic rings. The van der Waals surface area contributed by atoms with Gasteiger partial charge in [0.15, 0.2) is 0 Å². The number of nitrogens with zero attached hydrogens (tertiary/aromatic N) is 2. The lowest BCUT2D eigenvalue weighted by atomic mass is 9.91. The normalized spacial score (nSPS) is 18.4. The van der Waals surface area contributed by atoms with Gasteiger partial charge in [-0.05, 0) is 55.5 Å². The number of carbonyl (C=O) groups is 1. The van der Waals surface area contributed by atoms with E-state index in [4.69, 9.17) is 9.72 Å². The SMILES string of the molecule is COc1ccc(Cc2cccc(C3CCN(C(=O)C4CCCC4)CC3)n2)cc1. The number of methoxy groups -OCH3 is 1. The van der Waals surface area contributed by atoms with Gasteiger partial charge in [-0.3, -0.25) is 9.78 Å². The summed E-state index contributed by atoms with van der Waals surface area (Å²) in [6.07, 6.45) is 7.50. The number of likely N-dealkylation sites (tertiary alicyclic amines) is 1. The highest BCUT2D eigenvalue weighted by molar-refractivity contribution is 5.79. The summed E-state index contributed by atoms with van der Waals surface area (Å²) in [5.41, 5.74) is 3.52. The quantitative estimate of drug-likeness (QED) is 0.765. The standard InChI is InChI=1S/C24H30N2O2/c1-28-22-11-9-18(10-12-22)17-21-7-4-8-23(25-21)19-13-15-26(16-14-19)24(27)20-5-2-3-6-20/h4,7-12,19-20H,2-3,5-6,13-17H2,1H3. The summed E-state index contributed by atoms with van der Waals surface area (Å²) in [6, 6.07) is 14.6. The van der Waals surface area contributed by atoms with Crippen LogP contribution in [0.4, 0.5) is 0 Å². The number of carbonyl (C=O) groups excluding carboxylic acids is 1. The Balaban J connectivity index is 1.36. The van der Waals surface area contributed by atoms with Crippen LogP contribution in [0.5, 0.6) is 5.75 Å². The van der Waals surface area contributed by atoms with Crippen molar-refractivity contribution in [1.82, 2.24) is 9.88 Å². The molecule has 28 heavy (non-hydrogen) atoms. The van der Waals surface area contributed by atoms with E-state index in [0.717, 1.165) is 56.6 Å². The summed E-state index contributed by atoms with van der Waals surface area (Å²) in [4.78, 5) is 19.7. The van der Waals surface area contributed by atoms with Crippen LogP contribution in [0.25, 0.3) is 0 Å². The molecule has 4 nitrogen and oxygen atoms in total. The molecule has 1 saturated heterocycles. The smallest absolute Gasteiger partial charge is 0.225 e. The van der Waals surface area contributed by atoms with Gasteiger partial charge in [0.25, 0.3) is 0 Å². The average molecular weight is 379 g/mol. The minimum Gasteiger partial charge on any atom is -0.497 e. The van der Waals surface area contributed by atoms with Gasteiger partial charge in [0.1, 0.15) is 5.75 Å². The fraction of sp³-hybridized carbons (Fsp3) is 0.500. The molecule has 0 atom stereocenters. The summed E-state index contributed by atoms with van der Waals surface area (Å²) in [5, 5.41) is 0. The summed E-state index contributed by atoms with van der Waals surface area (Å²) in [5.74, 6) is 2.03. The molecule has 2 heterocycles. The van der Waals surface area contributed by atoms with Gasteiger partial charge in [0, 0.05) is 42.7 Å². The lowest BCUT2D eigenvalue weighted by molar-refractivity contribution is -0.136. The molecule has 0 radical (unpaired) electrons. The molecular formula is C24H30N2O2. The zero-order chi connectivity index (χ0) is 19.3. The average Bonchev–Trinajstić information content (AvgIpc) is 3.29. The maximum absolute atomic E-state index is 12.6. The summed E-state index contributed by atoms with van der Waals surface area (Å²) < 4.78 is 5.23. The van der Waals surface area contributed by atoms with Crippen molar-refractivity contribution in [3.05, 3.63) is 59.4 Å². The van der Waals surface area contributed by atoms with Gasteiger partial charge < -0.3 is 9.64 Å². The predicted molar refractivity (Wildman–Crippen MR) is 111 cm³/mol. The summed E-state index contributed by atoms with van der Waals surface area (Å²) in [7, 11) is 1.69. The Morgan fingerprint density at radius 2 is 1.75 bits per heavy atom. The van der Waals surface area contributed by atoms with Crippen LogP contribution < -0.4 is 4.74 Å². The second-order valence-electron chi connectivity index (χ2n) is 8.16. The first-order chi connectivity index (χ1) is 13.7. The predicted octanol–water partition coefficient (Wildman–Crippen LogP) is 4.58. The summed E-state index contributed by atoms with van der Waals surface area (Å²) in [6.45, 7) is 1.76. The van der Waals surface area contributed by atoms with Crippen molar-refractivity contribution >= 4 is 5.91 Å². The maximum Gasteiger partial charge on any atom is 0.225 e. The van der Waals surface area contributed by atoms with Crippen molar-refractivity contribution in [2.75, 3.05) is 20.2 Å². The fourth-order valence-electron chi connectivity index (χ4n) is 4.60. The van der Waals surface area contributed by atoms with Crippen LogP contribution in [-0.4, -0.2) is 36.0 Å². The van der Waals surface area contributed by atoms with Crippen LogP contribution in [0.2, 0.25) is 0 Å². The number of aromatic nitrogens is 1. The molecule has 148 valence electrons. The van der Waals surface area contributed by atoms with E-state index in [9.17, 15) is 4.79 Å². The van der Waals surface area contributed by atoms with Crippen molar-refractivity contribution in [1.29, 1.82) is 0 Å². The first-order valence-corrected chi connectivity index (χ1v) is 10.6. The Labute approximate surface area is 167 Å². The molecule has 0 N–H and O–H groups in total. The van der Waals surface area contributed by atoms with E-state index < -0.39 is 0 Å². The molecule has 2 aromatic rings. The van der Waals surface area contributed by atoms with Crippen molar-refractivity contribution < 1.29 is 9.53 Å². The van der Waals surface area contributed by atoms with E-state index in [2.05, 4.69) is 35.2 Å². The van der Waals surface area contributed by atoms with Crippen LogP contribution in [0.1, 0.15) is 61.4 Å². The number of piperidine rings is 1. The molecule has 0 unspecified atom stereocenters. The third-order valence-electron chi connectivity index (χ3n) is 6.30. The number of rotatable bonds is 5. The van der Waals surface area contributed by atoms with Crippen LogP contribution in [0.3, 0.4) is 0 Å². The van der Waals surface area contributed by atoms with Crippen molar-refractivity contribution in [2.24, 2.45) is 5.92 Å². The van der Waals surface area contributed by atoms with Gasteiger partial charge >= 0.3 is 0 Å². The Morgan fingerprint density at radius 3 is 2.43 bits per heavy atom. The molecule has 1 aliphatic heterocycles. The third kappa shape index (κ3) is 4.37. The fourth-order valence-corrected chi connectivity index (χ4v) is 4.60. The Hall–Kier alpha value is -2.36. The van der Waals surface area contributed by atoms with Crippen LogP contribution in [0.15, 0.2) is 42.5 Å². The van der Waals surface area contributed by atoms with Gasteiger partial charge in [-0.1, -0.05) is 31.0 Å². The van der Waals surface area contributed by atoms with Crippen molar-refractivity contribution in [3.63, 3.8) is 0 Å². The molecule has 1 aliphatic carbocycles. The van der Waals surface area contributed by atoms with E-state index >= 15 is 0 Å². The topological polar surface area (TPSA) is 42.4 Å². The van der Waals surface area contributed by atoms with Crippen LogP contribution in [-0.2, 0) is 11.2 Å². The molecule has 2 fully saturated rings. The molecule has 4 heteroatoms. The molecule has 0 spiro atoms. The van der Waals surface area contributed by atoms with E-state index in [0.29, 0.717) is 17.7 Å². The number of hydrogen-bond acceptors (Lipinski definition) is 3. The van der Waals surface area contributed by atoms with Gasteiger partial charge in [0.2, 0.25) is 5.91 Å². The zero-order valence-electron chi connectivity index (χ0n) is 16.8.